The first kappa shape index (κ1) is 13.1. The average Bonchev–Trinajstić information content (AvgIpc) is 3.10. The van der Waals surface area contributed by atoms with Crippen LogP contribution in [0.1, 0.15) is 12.8 Å². The molecule has 4 nitrogen and oxygen atoms in total. The molecule has 0 atom stereocenters. The highest BCUT2D eigenvalue weighted by Crippen LogP contribution is 2.20. The monoisotopic (exact) mass is 278 g/mol. The molecule has 2 fully saturated rings. The van der Waals surface area contributed by atoms with Gasteiger partial charge in [-0.3, -0.25) is 4.90 Å². The lowest BCUT2D eigenvalue weighted by molar-refractivity contribution is 0.276. The molecule has 0 aromatic carbocycles. The van der Waals surface area contributed by atoms with Crippen LogP contribution in [0.3, 0.4) is 0 Å². The van der Waals surface area contributed by atoms with E-state index < -0.39 is 0 Å². The number of rotatable bonds is 6. The van der Waals surface area contributed by atoms with E-state index in [1.165, 1.54) is 18.4 Å². The molecule has 1 saturated carbocycles. The third-order valence-corrected chi connectivity index (χ3v) is 4.56. The van der Waals surface area contributed by atoms with E-state index in [-0.39, 0.29) is 0 Å². The van der Waals surface area contributed by atoms with Crippen LogP contribution in [0.25, 0.3) is 0 Å². The minimum absolute atomic E-state index is 0.776. The molecule has 1 saturated heterocycles. The van der Waals surface area contributed by atoms with Crippen LogP contribution in [0, 0.1) is 0 Å². The zero-order chi connectivity index (χ0) is 13.1. The molecule has 1 aromatic heterocycles. The van der Waals surface area contributed by atoms with Crippen molar-refractivity contribution in [1.82, 2.24) is 15.2 Å². The van der Waals surface area contributed by atoms with Gasteiger partial charge >= 0.3 is 0 Å². The smallest absolute Gasteiger partial charge is 0.185 e. The summed E-state index contributed by atoms with van der Waals surface area (Å²) in [6.45, 7) is 10.6. The van der Waals surface area contributed by atoms with Crippen molar-refractivity contribution in [3.8, 4) is 0 Å². The SMILES string of the molecule is C=C(CNC1CC1)CN1CCN(c2nccs2)CC1. The molecule has 1 aromatic rings. The molecule has 0 radical (unpaired) electrons. The van der Waals surface area contributed by atoms with Gasteiger partial charge in [-0.15, -0.1) is 11.3 Å². The van der Waals surface area contributed by atoms with E-state index in [2.05, 4.69) is 26.7 Å². The van der Waals surface area contributed by atoms with Crippen molar-refractivity contribution < 1.29 is 0 Å². The number of nitrogens with one attached hydrogen (secondary N) is 1. The molecule has 19 heavy (non-hydrogen) atoms. The number of thiazole rings is 1. The fourth-order valence-corrected chi connectivity index (χ4v) is 3.11. The van der Waals surface area contributed by atoms with E-state index in [1.807, 2.05) is 11.6 Å². The fraction of sp³-hybridized carbons (Fsp3) is 0.643. The molecule has 0 amide bonds. The van der Waals surface area contributed by atoms with Crippen LogP contribution in [0.4, 0.5) is 5.13 Å². The first-order chi connectivity index (χ1) is 9.31. The van der Waals surface area contributed by atoms with Gasteiger partial charge in [-0.25, -0.2) is 4.98 Å². The van der Waals surface area contributed by atoms with Gasteiger partial charge in [-0.05, 0) is 18.4 Å². The van der Waals surface area contributed by atoms with Crippen LogP contribution in [-0.4, -0.2) is 55.2 Å². The maximum absolute atomic E-state index is 4.38. The summed E-state index contributed by atoms with van der Waals surface area (Å²) in [4.78, 5) is 9.26. The van der Waals surface area contributed by atoms with Gasteiger partial charge in [0.1, 0.15) is 0 Å². The number of hydrogen-bond donors (Lipinski definition) is 1. The second kappa shape index (κ2) is 6.03. The summed E-state index contributed by atoms with van der Waals surface area (Å²) >= 11 is 1.73. The van der Waals surface area contributed by atoms with Gasteiger partial charge in [0.25, 0.3) is 0 Å². The molecule has 0 bridgehead atoms. The van der Waals surface area contributed by atoms with Gasteiger partial charge < -0.3 is 10.2 Å². The highest BCUT2D eigenvalue weighted by molar-refractivity contribution is 7.13. The van der Waals surface area contributed by atoms with Crippen molar-refractivity contribution in [3.05, 3.63) is 23.7 Å². The molecule has 1 aliphatic carbocycles. The van der Waals surface area contributed by atoms with Crippen LogP contribution < -0.4 is 10.2 Å². The van der Waals surface area contributed by atoms with Crippen LogP contribution in [0.15, 0.2) is 23.7 Å². The number of nitrogens with zero attached hydrogens (tertiary/aromatic N) is 3. The Kier molecular flexibility index (Phi) is 4.15. The van der Waals surface area contributed by atoms with Gasteiger partial charge in [0.15, 0.2) is 5.13 Å². The van der Waals surface area contributed by atoms with Crippen molar-refractivity contribution in [2.45, 2.75) is 18.9 Å². The van der Waals surface area contributed by atoms with Gasteiger partial charge in [0, 0.05) is 56.9 Å². The lowest BCUT2D eigenvalue weighted by Crippen LogP contribution is -2.47. The van der Waals surface area contributed by atoms with Gasteiger partial charge in [0.2, 0.25) is 0 Å². The number of aromatic nitrogens is 1. The van der Waals surface area contributed by atoms with Crippen LogP contribution in [0.2, 0.25) is 0 Å². The van der Waals surface area contributed by atoms with E-state index in [1.54, 1.807) is 11.3 Å². The summed E-state index contributed by atoms with van der Waals surface area (Å²) in [5.41, 5.74) is 1.31. The van der Waals surface area contributed by atoms with Crippen LogP contribution in [-0.2, 0) is 0 Å². The van der Waals surface area contributed by atoms with Crippen molar-refractivity contribution in [2.75, 3.05) is 44.2 Å². The molecule has 2 aliphatic rings. The Morgan fingerprint density at radius 2 is 2.16 bits per heavy atom. The third-order valence-electron chi connectivity index (χ3n) is 3.73. The summed E-state index contributed by atoms with van der Waals surface area (Å²) in [5.74, 6) is 0. The van der Waals surface area contributed by atoms with E-state index in [9.17, 15) is 0 Å². The Bertz CT molecular complexity index is 405. The van der Waals surface area contributed by atoms with E-state index in [4.69, 9.17) is 0 Å². The molecule has 3 rings (SSSR count). The molecule has 5 heteroatoms. The molecule has 0 spiro atoms. The second-order valence-corrected chi connectivity index (χ2v) is 6.36. The van der Waals surface area contributed by atoms with Gasteiger partial charge in [-0.2, -0.15) is 0 Å². The Morgan fingerprint density at radius 1 is 1.37 bits per heavy atom. The van der Waals surface area contributed by atoms with Crippen LogP contribution in [0.5, 0.6) is 0 Å². The normalized spacial score (nSPS) is 20.7. The Hall–Kier alpha value is -0.910. The van der Waals surface area contributed by atoms with E-state index in [0.717, 1.165) is 50.4 Å². The average molecular weight is 278 g/mol. The minimum atomic E-state index is 0.776. The third kappa shape index (κ3) is 3.78. The standard InChI is InChI=1S/C14H22N4S/c1-12(10-16-13-2-3-13)11-17-5-7-18(8-6-17)14-15-4-9-19-14/h4,9,13,16H,1-3,5-8,10-11H2. The topological polar surface area (TPSA) is 31.4 Å². The predicted molar refractivity (Wildman–Crippen MR) is 80.9 cm³/mol. The van der Waals surface area contributed by atoms with E-state index >= 15 is 0 Å². The molecule has 1 N–H and O–H groups in total. The van der Waals surface area contributed by atoms with Gasteiger partial charge in [0.05, 0.1) is 0 Å². The van der Waals surface area contributed by atoms with Crippen molar-refractivity contribution in [2.24, 2.45) is 0 Å². The van der Waals surface area contributed by atoms with Crippen molar-refractivity contribution in [1.29, 1.82) is 0 Å². The Morgan fingerprint density at radius 3 is 2.79 bits per heavy atom. The lowest BCUT2D eigenvalue weighted by Gasteiger charge is -2.34. The highest BCUT2D eigenvalue weighted by atomic mass is 32.1. The summed E-state index contributed by atoms with van der Waals surface area (Å²) in [6.07, 6.45) is 4.58. The Labute approximate surface area is 119 Å². The first-order valence-electron chi connectivity index (χ1n) is 7.08. The van der Waals surface area contributed by atoms with Gasteiger partial charge in [-0.1, -0.05) is 6.58 Å². The quantitative estimate of drug-likeness (QED) is 0.801. The maximum atomic E-state index is 4.38. The molecule has 0 unspecified atom stereocenters. The fourth-order valence-electron chi connectivity index (χ4n) is 2.42. The second-order valence-electron chi connectivity index (χ2n) is 5.48. The lowest BCUT2D eigenvalue weighted by atomic mass is 10.2. The molecule has 104 valence electrons. The highest BCUT2D eigenvalue weighted by Gasteiger charge is 2.21. The molecular formula is C14H22N4S. The van der Waals surface area contributed by atoms with Crippen molar-refractivity contribution >= 4 is 16.5 Å². The molecular weight excluding hydrogens is 256 g/mol. The number of anilines is 1. The Balaban J connectivity index is 1.38. The number of piperazine rings is 1. The minimum Gasteiger partial charge on any atom is -0.346 e. The largest absolute Gasteiger partial charge is 0.346 e. The predicted octanol–water partition coefficient (Wildman–Crippen LogP) is 1.57. The summed E-state index contributed by atoms with van der Waals surface area (Å²) < 4.78 is 0. The number of hydrogen-bond acceptors (Lipinski definition) is 5. The maximum Gasteiger partial charge on any atom is 0.185 e. The molecule has 2 heterocycles. The summed E-state index contributed by atoms with van der Waals surface area (Å²) in [7, 11) is 0. The zero-order valence-corrected chi connectivity index (χ0v) is 12.2. The zero-order valence-electron chi connectivity index (χ0n) is 11.3. The summed E-state index contributed by atoms with van der Waals surface area (Å²) in [5, 5.41) is 6.74. The first-order valence-corrected chi connectivity index (χ1v) is 7.96. The summed E-state index contributed by atoms with van der Waals surface area (Å²) in [6, 6.07) is 0.776. The van der Waals surface area contributed by atoms with E-state index in [0.29, 0.717) is 0 Å². The molecule has 1 aliphatic heterocycles. The van der Waals surface area contributed by atoms with Crippen molar-refractivity contribution in [3.63, 3.8) is 0 Å². The van der Waals surface area contributed by atoms with Crippen LogP contribution >= 0.6 is 11.3 Å².